The van der Waals surface area contributed by atoms with Gasteiger partial charge in [0.2, 0.25) is 12.7 Å². The predicted octanol–water partition coefficient (Wildman–Crippen LogP) is 2.47. The van der Waals surface area contributed by atoms with Crippen molar-refractivity contribution in [1.29, 1.82) is 0 Å². The Kier molecular flexibility index (Phi) is 5.00. The molecular formula is C17H17ClN2O3. The van der Waals surface area contributed by atoms with Crippen LogP contribution in [0.1, 0.15) is 11.1 Å². The van der Waals surface area contributed by atoms with Gasteiger partial charge >= 0.3 is 0 Å². The molecule has 0 atom stereocenters. The molecule has 1 aliphatic heterocycles. The van der Waals surface area contributed by atoms with E-state index >= 15 is 0 Å². The summed E-state index contributed by atoms with van der Waals surface area (Å²) in [5.41, 5.74) is 2.05. The number of halogens is 1. The number of amides is 1. The van der Waals surface area contributed by atoms with E-state index in [1.165, 1.54) is 0 Å². The molecule has 0 aromatic heterocycles. The van der Waals surface area contributed by atoms with E-state index in [2.05, 4.69) is 10.6 Å². The van der Waals surface area contributed by atoms with Crippen molar-refractivity contribution in [3.05, 3.63) is 58.6 Å². The SMILES string of the molecule is O=C(CNCc1ccc2c(c1)OCO2)NCc1ccc(Cl)cc1. The van der Waals surface area contributed by atoms with E-state index in [1.54, 1.807) is 12.1 Å². The van der Waals surface area contributed by atoms with Crippen LogP contribution in [0.2, 0.25) is 5.02 Å². The molecule has 0 bridgehead atoms. The average molecular weight is 333 g/mol. The Morgan fingerprint density at radius 3 is 2.57 bits per heavy atom. The lowest BCUT2D eigenvalue weighted by atomic mass is 10.2. The molecule has 2 N–H and O–H groups in total. The third kappa shape index (κ3) is 4.37. The summed E-state index contributed by atoms with van der Waals surface area (Å²) in [4.78, 5) is 11.8. The lowest BCUT2D eigenvalue weighted by Crippen LogP contribution is -2.33. The molecule has 23 heavy (non-hydrogen) atoms. The highest BCUT2D eigenvalue weighted by molar-refractivity contribution is 6.30. The smallest absolute Gasteiger partial charge is 0.234 e. The molecule has 0 saturated carbocycles. The minimum absolute atomic E-state index is 0.0549. The van der Waals surface area contributed by atoms with Crippen LogP contribution >= 0.6 is 11.6 Å². The van der Waals surface area contributed by atoms with E-state index in [0.29, 0.717) is 18.1 Å². The zero-order valence-electron chi connectivity index (χ0n) is 12.5. The number of carbonyl (C=O) groups is 1. The summed E-state index contributed by atoms with van der Waals surface area (Å²) in [6.45, 7) is 1.59. The summed E-state index contributed by atoms with van der Waals surface area (Å²) in [5, 5.41) is 6.65. The Balaban J connectivity index is 1.40. The fraction of sp³-hybridized carbons (Fsp3) is 0.235. The fourth-order valence-corrected chi connectivity index (χ4v) is 2.36. The van der Waals surface area contributed by atoms with Crippen LogP contribution in [0.5, 0.6) is 11.5 Å². The standard InChI is InChI=1S/C17H17ClN2O3/c18-14-4-1-12(2-5-14)9-20-17(21)10-19-8-13-3-6-15-16(7-13)23-11-22-15/h1-7,19H,8-11H2,(H,20,21). The second-order valence-electron chi connectivity index (χ2n) is 5.19. The summed E-state index contributed by atoms with van der Waals surface area (Å²) >= 11 is 5.82. The van der Waals surface area contributed by atoms with Gasteiger partial charge in [-0.1, -0.05) is 29.8 Å². The Morgan fingerprint density at radius 1 is 1.00 bits per heavy atom. The number of fused-ring (bicyclic) bond motifs is 1. The Morgan fingerprint density at radius 2 is 1.74 bits per heavy atom. The minimum atomic E-state index is -0.0549. The van der Waals surface area contributed by atoms with Crippen LogP contribution in [-0.2, 0) is 17.9 Å². The normalized spacial score (nSPS) is 12.2. The first-order chi connectivity index (χ1) is 11.2. The molecule has 0 radical (unpaired) electrons. The number of carbonyl (C=O) groups excluding carboxylic acids is 1. The second kappa shape index (κ2) is 7.35. The molecule has 5 nitrogen and oxygen atoms in total. The van der Waals surface area contributed by atoms with Crippen molar-refractivity contribution in [2.45, 2.75) is 13.1 Å². The van der Waals surface area contributed by atoms with Crippen LogP contribution in [0.25, 0.3) is 0 Å². The van der Waals surface area contributed by atoms with Gasteiger partial charge in [-0.25, -0.2) is 0 Å². The van der Waals surface area contributed by atoms with E-state index < -0.39 is 0 Å². The van der Waals surface area contributed by atoms with Crippen molar-refractivity contribution in [2.24, 2.45) is 0 Å². The first-order valence-electron chi connectivity index (χ1n) is 7.31. The highest BCUT2D eigenvalue weighted by Gasteiger charge is 2.13. The summed E-state index contributed by atoms with van der Waals surface area (Å²) in [6, 6.07) is 13.1. The summed E-state index contributed by atoms with van der Waals surface area (Å²) in [6.07, 6.45) is 0. The van der Waals surface area contributed by atoms with Gasteiger partial charge in [-0.2, -0.15) is 0 Å². The largest absolute Gasteiger partial charge is 0.454 e. The molecule has 1 amide bonds. The maximum absolute atomic E-state index is 11.8. The molecule has 1 heterocycles. The number of hydrogen-bond acceptors (Lipinski definition) is 4. The molecule has 3 rings (SSSR count). The van der Waals surface area contributed by atoms with Gasteiger partial charge in [0, 0.05) is 18.1 Å². The zero-order chi connectivity index (χ0) is 16.1. The predicted molar refractivity (Wildman–Crippen MR) is 87.6 cm³/mol. The maximum atomic E-state index is 11.8. The van der Waals surface area contributed by atoms with Gasteiger partial charge in [0.05, 0.1) is 6.54 Å². The van der Waals surface area contributed by atoms with E-state index in [4.69, 9.17) is 21.1 Å². The topological polar surface area (TPSA) is 59.6 Å². The zero-order valence-corrected chi connectivity index (χ0v) is 13.2. The van der Waals surface area contributed by atoms with Gasteiger partial charge in [0.1, 0.15) is 0 Å². The van der Waals surface area contributed by atoms with E-state index in [9.17, 15) is 4.79 Å². The number of nitrogens with one attached hydrogen (secondary N) is 2. The Hall–Kier alpha value is -2.24. The highest BCUT2D eigenvalue weighted by atomic mass is 35.5. The summed E-state index contributed by atoms with van der Waals surface area (Å²) in [5.74, 6) is 1.45. The van der Waals surface area contributed by atoms with Gasteiger partial charge in [0.25, 0.3) is 0 Å². The average Bonchev–Trinajstić information content (AvgIpc) is 3.02. The molecule has 6 heteroatoms. The minimum Gasteiger partial charge on any atom is -0.454 e. The first kappa shape index (κ1) is 15.6. The number of ether oxygens (including phenoxy) is 2. The first-order valence-corrected chi connectivity index (χ1v) is 7.69. The molecule has 0 fully saturated rings. The van der Waals surface area contributed by atoms with Crippen molar-refractivity contribution in [3.63, 3.8) is 0 Å². The lowest BCUT2D eigenvalue weighted by Gasteiger charge is -2.08. The van der Waals surface area contributed by atoms with E-state index in [-0.39, 0.29) is 19.2 Å². The van der Waals surface area contributed by atoms with Crippen molar-refractivity contribution in [1.82, 2.24) is 10.6 Å². The third-order valence-corrected chi connectivity index (χ3v) is 3.71. The molecule has 2 aromatic rings. The molecule has 0 unspecified atom stereocenters. The maximum Gasteiger partial charge on any atom is 0.234 e. The van der Waals surface area contributed by atoms with Crippen LogP contribution in [0, 0.1) is 0 Å². The van der Waals surface area contributed by atoms with Gasteiger partial charge < -0.3 is 20.1 Å². The monoisotopic (exact) mass is 332 g/mol. The second-order valence-corrected chi connectivity index (χ2v) is 5.63. The molecule has 120 valence electrons. The van der Waals surface area contributed by atoms with Crippen LogP contribution in [0.15, 0.2) is 42.5 Å². The Bertz CT molecular complexity index is 689. The lowest BCUT2D eigenvalue weighted by molar-refractivity contribution is -0.120. The highest BCUT2D eigenvalue weighted by Crippen LogP contribution is 2.32. The number of hydrogen-bond donors (Lipinski definition) is 2. The molecular weight excluding hydrogens is 316 g/mol. The summed E-state index contributed by atoms with van der Waals surface area (Å²) < 4.78 is 10.6. The van der Waals surface area contributed by atoms with Crippen molar-refractivity contribution in [3.8, 4) is 11.5 Å². The van der Waals surface area contributed by atoms with Gasteiger partial charge in [-0.05, 0) is 35.4 Å². The third-order valence-electron chi connectivity index (χ3n) is 3.45. The van der Waals surface area contributed by atoms with Gasteiger partial charge in [-0.15, -0.1) is 0 Å². The number of rotatable bonds is 6. The van der Waals surface area contributed by atoms with Gasteiger partial charge in [-0.3, -0.25) is 4.79 Å². The molecule has 1 aliphatic rings. The summed E-state index contributed by atoms with van der Waals surface area (Å²) in [7, 11) is 0. The van der Waals surface area contributed by atoms with Crippen molar-refractivity contribution in [2.75, 3.05) is 13.3 Å². The molecule has 0 aliphatic carbocycles. The van der Waals surface area contributed by atoms with Crippen LogP contribution in [-0.4, -0.2) is 19.2 Å². The van der Waals surface area contributed by atoms with Gasteiger partial charge in [0.15, 0.2) is 11.5 Å². The van der Waals surface area contributed by atoms with Crippen LogP contribution in [0.3, 0.4) is 0 Å². The van der Waals surface area contributed by atoms with Crippen LogP contribution < -0.4 is 20.1 Å². The Labute approximate surface area is 139 Å². The quantitative estimate of drug-likeness (QED) is 0.853. The van der Waals surface area contributed by atoms with Crippen LogP contribution in [0.4, 0.5) is 0 Å². The molecule has 0 saturated heterocycles. The molecule has 2 aromatic carbocycles. The number of benzene rings is 2. The van der Waals surface area contributed by atoms with E-state index in [0.717, 1.165) is 22.6 Å². The molecule has 0 spiro atoms. The van der Waals surface area contributed by atoms with Crippen molar-refractivity contribution < 1.29 is 14.3 Å². The van der Waals surface area contributed by atoms with Crippen molar-refractivity contribution >= 4 is 17.5 Å². The van der Waals surface area contributed by atoms with E-state index in [1.807, 2.05) is 30.3 Å². The fourth-order valence-electron chi connectivity index (χ4n) is 2.24.